The Labute approximate surface area is 533 Å². The van der Waals surface area contributed by atoms with Crippen LogP contribution in [0.2, 0.25) is 0 Å². The molecule has 0 aromatic heterocycles. The van der Waals surface area contributed by atoms with Gasteiger partial charge in [0.05, 0.1) is 5.69 Å². The Hall–Kier alpha value is -9.12. The van der Waals surface area contributed by atoms with Gasteiger partial charge in [0.25, 0.3) is 6.71 Å². The van der Waals surface area contributed by atoms with E-state index < -0.39 is 0 Å². The number of benzene rings is 11. The molecule has 0 radical (unpaired) electrons. The first kappa shape index (κ1) is 55.0. The topological polar surface area (TPSA) is 9.72 Å². The average molecular weight is 1160 g/mol. The molecule has 17 rings (SSSR count). The minimum absolute atomic E-state index is 0.0899. The van der Waals surface area contributed by atoms with Gasteiger partial charge in [0.2, 0.25) is 0 Å². The molecule has 0 bridgehead atoms. The van der Waals surface area contributed by atoms with Gasteiger partial charge in [-0.1, -0.05) is 243 Å². The third-order valence-corrected chi connectivity index (χ3v) is 22.3. The van der Waals surface area contributed by atoms with Crippen LogP contribution in [0, 0.1) is 0 Å². The van der Waals surface area contributed by atoms with E-state index in [1.165, 1.54) is 139 Å². The second-order valence-corrected chi connectivity index (χ2v) is 31.0. The molecule has 90 heavy (non-hydrogen) atoms. The van der Waals surface area contributed by atoms with Crippen LogP contribution in [0.25, 0.3) is 44.5 Å². The van der Waals surface area contributed by atoms with Gasteiger partial charge in [0.15, 0.2) is 0 Å². The number of fused-ring (bicyclic) bond motifs is 16. The quantitative estimate of drug-likeness (QED) is 0.159. The molecule has 0 unspecified atom stereocenters. The molecule has 0 N–H and O–H groups in total. The van der Waals surface area contributed by atoms with Crippen LogP contribution >= 0.6 is 0 Å². The summed E-state index contributed by atoms with van der Waals surface area (Å²) in [5, 5.41) is 0. The predicted octanol–water partition coefficient (Wildman–Crippen LogP) is 21.1. The van der Waals surface area contributed by atoms with Crippen LogP contribution in [0.5, 0.6) is 0 Å². The number of hydrogen-bond donors (Lipinski definition) is 0. The van der Waals surface area contributed by atoms with Crippen LogP contribution in [0.1, 0.15) is 153 Å². The zero-order chi connectivity index (χ0) is 62.1. The van der Waals surface area contributed by atoms with Crippen molar-refractivity contribution in [3.8, 4) is 44.5 Å². The van der Waals surface area contributed by atoms with Crippen molar-refractivity contribution in [2.75, 3.05) is 14.7 Å². The fraction of sp³-hybridized carbons (Fsp3) is 0.233. The first-order valence-electron chi connectivity index (χ1n) is 32.8. The Morgan fingerprint density at radius 3 is 0.989 bits per heavy atom. The maximum Gasteiger partial charge on any atom is 0.252 e. The average Bonchev–Trinajstić information content (AvgIpc) is 1.09. The molecule has 4 heteroatoms. The van der Waals surface area contributed by atoms with Crippen molar-refractivity contribution in [2.24, 2.45) is 0 Å². The Morgan fingerprint density at radius 1 is 0.289 bits per heavy atom. The highest BCUT2D eigenvalue weighted by molar-refractivity contribution is 7.00. The van der Waals surface area contributed by atoms with E-state index in [2.05, 4.69) is 330 Å². The van der Waals surface area contributed by atoms with Crippen LogP contribution in [0.15, 0.2) is 218 Å². The summed E-state index contributed by atoms with van der Waals surface area (Å²) in [5.41, 5.74) is 37.6. The van der Waals surface area contributed by atoms with Gasteiger partial charge < -0.3 is 14.7 Å². The lowest BCUT2D eigenvalue weighted by atomic mass is 9.33. The van der Waals surface area contributed by atoms with E-state index >= 15 is 0 Å². The zero-order valence-corrected chi connectivity index (χ0v) is 54.7. The lowest BCUT2D eigenvalue weighted by Gasteiger charge is -2.46. The van der Waals surface area contributed by atoms with Crippen molar-refractivity contribution in [3.63, 3.8) is 0 Å². The Bertz CT molecular complexity index is 4650. The third-order valence-electron chi connectivity index (χ3n) is 22.3. The molecular formula is C86H78BN3. The van der Waals surface area contributed by atoms with Gasteiger partial charge in [-0.25, -0.2) is 0 Å². The van der Waals surface area contributed by atoms with Crippen molar-refractivity contribution in [2.45, 2.75) is 129 Å². The molecular weight excluding hydrogens is 1090 g/mol. The SMILES string of the molecule is CC(C)(C)c1cccc(N(c2cccc(C(C)(C)C)c2)c2cc3c4c(c2)N(c2ccc5c(c2)-c2ccccc2C5(C)C)c2cc5c(cc2B4c2cc4c(cc2N3c2ccc3c(c2)-c2ccccc2C3(C)C)-c2ccccc2C4(C)C)C(C)(C)c2ccccc2-5)c1. The number of rotatable bonds is 5. The molecule has 0 saturated heterocycles. The molecule has 0 fully saturated rings. The Balaban J connectivity index is 1.04. The van der Waals surface area contributed by atoms with Gasteiger partial charge in [0, 0.05) is 67.2 Å². The lowest BCUT2D eigenvalue weighted by molar-refractivity contribution is 0.590. The standard InChI is InChI=1S/C86H78BN3/c1-81(2,3)51-25-23-27-53(41-51)88(54-28-24-26-52(42-54)82(4,5)6)57-45-78-80-79(46-57)90(56-38-40-71-63(44-56)59-30-16-20-34-67(59)84(71,9)10)77-48-65-61-32-18-22-36-69(61)86(13,14)73(65)50-75(77)87(80)74-49-72-64(60-31-17-21-35-68(60)85(72,11)12)47-76(74)89(78)55-37-39-70-62(43-55)58-29-15-19-33-66(58)83(70,7)8/h15-50H,1-14H3. The van der Waals surface area contributed by atoms with Crippen LogP contribution in [0.3, 0.4) is 0 Å². The first-order chi connectivity index (χ1) is 42.9. The highest BCUT2D eigenvalue weighted by Gasteiger charge is 2.49. The summed E-state index contributed by atoms with van der Waals surface area (Å²) in [6, 6.07) is 85.9. The van der Waals surface area contributed by atoms with Gasteiger partial charge in [-0.05, 0) is 200 Å². The van der Waals surface area contributed by atoms with E-state index in [1.54, 1.807) is 0 Å². The molecule has 4 aliphatic carbocycles. The van der Waals surface area contributed by atoms with E-state index in [4.69, 9.17) is 0 Å². The summed E-state index contributed by atoms with van der Waals surface area (Å²) in [6.45, 7) is 33.3. The Morgan fingerprint density at radius 2 is 0.622 bits per heavy atom. The lowest BCUT2D eigenvalue weighted by Crippen LogP contribution is -2.61. The van der Waals surface area contributed by atoms with Gasteiger partial charge in [-0.3, -0.25) is 0 Å². The van der Waals surface area contributed by atoms with E-state index in [9.17, 15) is 0 Å². The normalized spacial score (nSPS) is 16.4. The van der Waals surface area contributed by atoms with Crippen molar-refractivity contribution in [3.05, 3.63) is 274 Å². The summed E-state index contributed by atoms with van der Waals surface area (Å²) in [5.74, 6) is 0. The van der Waals surface area contributed by atoms with Crippen LogP contribution in [0.4, 0.5) is 51.2 Å². The monoisotopic (exact) mass is 1160 g/mol. The summed E-state index contributed by atoms with van der Waals surface area (Å²) < 4.78 is 0. The maximum absolute atomic E-state index is 2.70. The van der Waals surface area contributed by atoms with E-state index in [1.807, 2.05) is 0 Å². The molecule has 0 atom stereocenters. The van der Waals surface area contributed by atoms with Gasteiger partial charge in [0.1, 0.15) is 0 Å². The minimum atomic E-state index is -0.231. The third kappa shape index (κ3) is 7.48. The van der Waals surface area contributed by atoms with Crippen molar-refractivity contribution < 1.29 is 0 Å². The first-order valence-corrected chi connectivity index (χ1v) is 32.8. The van der Waals surface area contributed by atoms with Gasteiger partial charge >= 0.3 is 0 Å². The summed E-state index contributed by atoms with van der Waals surface area (Å²) in [7, 11) is 0. The molecule has 0 saturated carbocycles. The largest absolute Gasteiger partial charge is 0.311 e. The molecule has 2 aliphatic heterocycles. The summed E-state index contributed by atoms with van der Waals surface area (Å²) in [6.07, 6.45) is 0. The van der Waals surface area contributed by atoms with E-state index in [0.717, 1.165) is 28.4 Å². The van der Waals surface area contributed by atoms with Crippen LogP contribution in [-0.2, 0) is 32.5 Å². The highest BCUT2D eigenvalue weighted by atomic mass is 15.2. The molecule has 11 aromatic rings. The van der Waals surface area contributed by atoms with Crippen molar-refractivity contribution in [1.29, 1.82) is 0 Å². The molecule has 6 aliphatic rings. The molecule has 2 heterocycles. The maximum atomic E-state index is 2.70. The number of nitrogens with zero attached hydrogens (tertiary/aromatic N) is 3. The second kappa shape index (κ2) is 18.3. The second-order valence-electron chi connectivity index (χ2n) is 31.0. The molecule has 3 nitrogen and oxygen atoms in total. The number of hydrogen-bond acceptors (Lipinski definition) is 3. The Kier molecular flexibility index (Phi) is 11.2. The zero-order valence-electron chi connectivity index (χ0n) is 54.7. The van der Waals surface area contributed by atoms with Gasteiger partial charge in [-0.15, -0.1) is 0 Å². The fourth-order valence-corrected chi connectivity index (χ4v) is 17.4. The summed E-state index contributed by atoms with van der Waals surface area (Å²) >= 11 is 0. The van der Waals surface area contributed by atoms with Gasteiger partial charge in [-0.2, -0.15) is 0 Å². The predicted molar refractivity (Wildman–Crippen MR) is 383 cm³/mol. The van der Waals surface area contributed by atoms with Crippen LogP contribution in [-0.4, -0.2) is 6.71 Å². The molecule has 11 aromatic carbocycles. The smallest absolute Gasteiger partial charge is 0.252 e. The fourth-order valence-electron chi connectivity index (χ4n) is 17.4. The molecule has 440 valence electrons. The van der Waals surface area contributed by atoms with E-state index in [-0.39, 0.29) is 39.2 Å². The number of anilines is 9. The van der Waals surface area contributed by atoms with E-state index in [0.29, 0.717) is 0 Å². The molecule has 0 spiro atoms. The van der Waals surface area contributed by atoms with Crippen LogP contribution < -0.4 is 31.1 Å². The van der Waals surface area contributed by atoms with Crippen molar-refractivity contribution >= 4 is 74.3 Å². The molecule has 0 amide bonds. The van der Waals surface area contributed by atoms with Crippen molar-refractivity contribution in [1.82, 2.24) is 0 Å². The highest BCUT2D eigenvalue weighted by Crippen LogP contribution is 2.59. The minimum Gasteiger partial charge on any atom is -0.311 e. The summed E-state index contributed by atoms with van der Waals surface area (Å²) in [4.78, 5) is 7.97.